The Morgan fingerprint density at radius 1 is 1.23 bits per heavy atom. The van der Waals surface area contributed by atoms with E-state index in [2.05, 4.69) is 9.89 Å². The Morgan fingerprint density at radius 2 is 1.91 bits per heavy atom. The van der Waals surface area contributed by atoms with Crippen LogP contribution >= 0.6 is 0 Å². The van der Waals surface area contributed by atoms with Gasteiger partial charge in [0.05, 0.1) is 6.54 Å². The van der Waals surface area contributed by atoms with Crippen LogP contribution in [0, 0.1) is 5.82 Å². The summed E-state index contributed by atoms with van der Waals surface area (Å²) < 4.78 is 14.0. The average molecular weight is 306 g/mol. The van der Waals surface area contributed by atoms with Gasteiger partial charge in [-0.05, 0) is 38.6 Å². The van der Waals surface area contributed by atoms with Crippen molar-refractivity contribution < 1.29 is 4.39 Å². The van der Waals surface area contributed by atoms with Gasteiger partial charge in [-0.15, -0.1) is 0 Å². The van der Waals surface area contributed by atoms with E-state index in [0.717, 1.165) is 18.7 Å². The monoisotopic (exact) mass is 306 g/mol. The number of guanidine groups is 1. The van der Waals surface area contributed by atoms with Gasteiger partial charge in [0, 0.05) is 25.2 Å². The van der Waals surface area contributed by atoms with Crippen LogP contribution in [0.25, 0.3) is 0 Å². The molecule has 0 aromatic heterocycles. The predicted molar refractivity (Wildman–Crippen MR) is 89.2 cm³/mol. The van der Waals surface area contributed by atoms with Crippen LogP contribution in [-0.4, -0.2) is 42.9 Å². The van der Waals surface area contributed by atoms with Crippen LogP contribution < -0.4 is 5.73 Å². The second kappa shape index (κ2) is 8.13. The van der Waals surface area contributed by atoms with Crippen LogP contribution in [0.5, 0.6) is 0 Å². The fourth-order valence-electron chi connectivity index (χ4n) is 2.73. The Hall–Kier alpha value is -1.62. The van der Waals surface area contributed by atoms with Crippen molar-refractivity contribution in [2.75, 3.05) is 27.2 Å². The van der Waals surface area contributed by atoms with E-state index in [1.54, 1.807) is 6.07 Å². The Labute approximate surface area is 132 Å². The minimum absolute atomic E-state index is 0.172. The summed E-state index contributed by atoms with van der Waals surface area (Å²) in [5.41, 5.74) is 7.64. The van der Waals surface area contributed by atoms with Crippen LogP contribution in [0.15, 0.2) is 23.2 Å². The fraction of sp³-hybridized carbons (Fsp3) is 0.588. The Bertz CT molecular complexity index is 505. The van der Waals surface area contributed by atoms with Crippen molar-refractivity contribution >= 4 is 5.96 Å². The molecule has 1 aliphatic rings. The lowest BCUT2D eigenvalue weighted by atomic mass is 10.1. The smallest absolute Gasteiger partial charge is 0.191 e. The Balaban J connectivity index is 1.97. The fourth-order valence-corrected chi connectivity index (χ4v) is 2.73. The molecule has 0 atom stereocenters. The van der Waals surface area contributed by atoms with Gasteiger partial charge in [0.1, 0.15) is 5.82 Å². The summed E-state index contributed by atoms with van der Waals surface area (Å²) in [6.45, 7) is 2.99. The Kier molecular flexibility index (Phi) is 6.19. The van der Waals surface area contributed by atoms with Crippen LogP contribution in [0.1, 0.15) is 36.8 Å². The number of benzene rings is 1. The summed E-state index contributed by atoms with van der Waals surface area (Å²) in [6, 6.07) is 5.33. The average Bonchev–Trinajstić information content (AvgIpc) is 2.76. The molecule has 1 aromatic rings. The van der Waals surface area contributed by atoms with E-state index in [0.29, 0.717) is 24.6 Å². The number of likely N-dealkylation sites (tertiary alicyclic amines) is 1. The predicted octanol–water partition coefficient (Wildman–Crippen LogP) is 2.58. The quantitative estimate of drug-likeness (QED) is 0.687. The van der Waals surface area contributed by atoms with Gasteiger partial charge in [0.15, 0.2) is 5.96 Å². The standard InChI is InChI=1S/C17H27FN4/c1-21(2)13-15-8-7-14(11-16(15)18)12-20-17(19)22-9-5-3-4-6-10-22/h7-8,11H,3-6,9-10,12-13H2,1-2H3,(H2,19,20). The summed E-state index contributed by atoms with van der Waals surface area (Å²) in [7, 11) is 3.86. The molecule has 0 unspecified atom stereocenters. The van der Waals surface area contributed by atoms with Gasteiger partial charge in [-0.25, -0.2) is 9.38 Å². The molecular formula is C17H27FN4. The highest BCUT2D eigenvalue weighted by Gasteiger charge is 2.11. The molecule has 22 heavy (non-hydrogen) atoms. The number of nitrogens with two attached hydrogens (primary N) is 1. The van der Waals surface area contributed by atoms with Gasteiger partial charge in [-0.3, -0.25) is 0 Å². The van der Waals surface area contributed by atoms with Crippen molar-refractivity contribution in [3.05, 3.63) is 35.1 Å². The maximum Gasteiger partial charge on any atom is 0.191 e. The van der Waals surface area contributed by atoms with Crippen molar-refractivity contribution in [3.8, 4) is 0 Å². The van der Waals surface area contributed by atoms with Crippen molar-refractivity contribution in [3.63, 3.8) is 0 Å². The molecule has 0 saturated carbocycles. The maximum absolute atomic E-state index is 14.0. The van der Waals surface area contributed by atoms with E-state index in [4.69, 9.17) is 5.73 Å². The first-order chi connectivity index (χ1) is 10.6. The van der Waals surface area contributed by atoms with Gasteiger partial charge in [0.2, 0.25) is 0 Å². The number of halogens is 1. The van der Waals surface area contributed by atoms with Gasteiger partial charge in [-0.2, -0.15) is 0 Å². The molecule has 2 rings (SSSR count). The zero-order chi connectivity index (χ0) is 15.9. The first-order valence-electron chi connectivity index (χ1n) is 8.03. The molecule has 0 aliphatic carbocycles. The van der Waals surface area contributed by atoms with E-state index in [9.17, 15) is 4.39 Å². The SMILES string of the molecule is CN(C)Cc1ccc(CN=C(N)N2CCCCCC2)cc1F. The molecule has 5 heteroatoms. The van der Waals surface area contributed by atoms with Gasteiger partial charge >= 0.3 is 0 Å². The zero-order valence-corrected chi connectivity index (χ0v) is 13.7. The number of aliphatic imine (C=N–C) groups is 1. The summed E-state index contributed by atoms with van der Waals surface area (Å²) >= 11 is 0. The maximum atomic E-state index is 14.0. The number of hydrogen-bond donors (Lipinski definition) is 1. The van der Waals surface area contributed by atoms with E-state index >= 15 is 0 Å². The summed E-state index contributed by atoms with van der Waals surface area (Å²) in [5.74, 6) is 0.412. The third-order valence-electron chi connectivity index (χ3n) is 3.96. The largest absolute Gasteiger partial charge is 0.370 e. The van der Waals surface area contributed by atoms with Crippen LogP contribution in [0.4, 0.5) is 4.39 Å². The minimum Gasteiger partial charge on any atom is -0.370 e. The first-order valence-corrected chi connectivity index (χ1v) is 8.03. The lowest BCUT2D eigenvalue weighted by molar-refractivity contribution is 0.392. The van der Waals surface area contributed by atoms with Crippen molar-refractivity contribution in [2.45, 2.75) is 38.8 Å². The van der Waals surface area contributed by atoms with Crippen molar-refractivity contribution in [1.29, 1.82) is 0 Å². The van der Waals surface area contributed by atoms with Crippen molar-refractivity contribution in [1.82, 2.24) is 9.80 Å². The molecule has 1 aromatic carbocycles. The molecule has 1 saturated heterocycles. The van der Waals surface area contributed by atoms with E-state index in [1.807, 2.05) is 31.1 Å². The summed E-state index contributed by atoms with van der Waals surface area (Å²) in [4.78, 5) is 8.53. The third kappa shape index (κ3) is 4.98. The molecular weight excluding hydrogens is 279 g/mol. The molecule has 0 radical (unpaired) electrons. The summed E-state index contributed by atoms with van der Waals surface area (Å²) in [5, 5.41) is 0. The van der Waals surface area contributed by atoms with Crippen LogP contribution in [0.2, 0.25) is 0 Å². The van der Waals surface area contributed by atoms with E-state index in [-0.39, 0.29) is 5.82 Å². The third-order valence-corrected chi connectivity index (χ3v) is 3.96. The molecule has 2 N–H and O–H groups in total. The first kappa shape index (κ1) is 16.7. The summed E-state index contributed by atoms with van der Waals surface area (Å²) in [6.07, 6.45) is 4.87. The van der Waals surface area contributed by atoms with Crippen molar-refractivity contribution in [2.24, 2.45) is 10.7 Å². The molecule has 0 amide bonds. The van der Waals surface area contributed by atoms with Crippen LogP contribution in [0.3, 0.4) is 0 Å². The zero-order valence-electron chi connectivity index (χ0n) is 13.7. The number of rotatable bonds is 4. The number of nitrogens with zero attached hydrogens (tertiary/aromatic N) is 3. The van der Waals surface area contributed by atoms with E-state index in [1.165, 1.54) is 25.7 Å². The second-order valence-corrected chi connectivity index (χ2v) is 6.24. The minimum atomic E-state index is -0.172. The second-order valence-electron chi connectivity index (χ2n) is 6.24. The van der Waals surface area contributed by atoms with Gasteiger partial charge in [0.25, 0.3) is 0 Å². The highest BCUT2D eigenvalue weighted by Crippen LogP contribution is 2.13. The van der Waals surface area contributed by atoms with Gasteiger partial charge < -0.3 is 15.5 Å². The molecule has 0 bridgehead atoms. The molecule has 122 valence electrons. The van der Waals surface area contributed by atoms with Crippen LogP contribution in [-0.2, 0) is 13.1 Å². The topological polar surface area (TPSA) is 44.9 Å². The molecule has 1 heterocycles. The lowest BCUT2D eigenvalue weighted by Crippen LogP contribution is -2.38. The Morgan fingerprint density at radius 3 is 2.50 bits per heavy atom. The lowest BCUT2D eigenvalue weighted by Gasteiger charge is -2.21. The van der Waals surface area contributed by atoms with Gasteiger partial charge in [-0.1, -0.05) is 25.0 Å². The molecule has 1 aliphatic heterocycles. The molecule has 4 nitrogen and oxygen atoms in total. The van der Waals surface area contributed by atoms with E-state index < -0.39 is 0 Å². The molecule has 1 fully saturated rings. The molecule has 0 spiro atoms. The normalized spacial score (nSPS) is 16.9. The highest BCUT2D eigenvalue weighted by molar-refractivity contribution is 5.78. The number of hydrogen-bond acceptors (Lipinski definition) is 2. The highest BCUT2D eigenvalue weighted by atomic mass is 19.1.